The first-order valence-corrected chi connectivity index (χ1v) is 3.55. The van der Waals surface area contributed by atoms with Crippen LogP contribution in [0.5, 0.6) is 0 Å². The maximum Gasteiger partial charge on any atom is 0.0873 e. The molecule has 2 heteroatoms. The van der Waals surface area contributed by atoms with Gasteiger partial charge in [-0.1, -0.05) is 13.3 Å². The van der Waals surface area contributed by atoms with Crippen LogP contribution >= 0.6 is 0 Å². The second-order valence-corrected chi connectivity index (χ2v) is 2.32. The molecule has 56 valence electrons. The zero-order chi connectivity index (χ0) is 7.11. The standard InChI is InChI=1S/C7H16O2/c1-4-5-6-8-9-7(2)3/h7H,4-6H2,1-3H3. The summed E-state index contributed by atoms with van der Waals surface area (Å²) in [7, 11) is 0. The smallest absolute Gasteiger partial charge is 0.0873 e. The van der Waals surface area contributed by atoms with Crippen molar-refractivity contribution in [2.75, 3.05) is 6.61 Å². The van der Waals surface area contributed by atoms with E-state index in [2.05, 4.69) is 6.92 Å². The molecule has 0 amide bonds. The molecule has 0 radical (unpaired) electrons. The molecule has 0 rings (SSSR count). The molecule has 0 aromatic heterocycles. The molecule has 0 unspecified atom stereocenters. The number of hydrogen-bond acceptors (Lipinski definition) is 2. The Balaban J connectivity index is 2.75. The lowest BCUT2D eigenvalue weighted by Gasteiger charge is -2.04. The fraction of sp³-hybridized carbons (Fsp3) is 1.00. The molecule has 0 aliphatic heterocycles. The van der Waals surface area contributed by atoms with Gasteiger partial charge in [-0.2, -0.15) is 0 Å². The molecule has 0 fully saturated rings. The van der Waals surface area contributed by atoms with Gasteiger partial charge < -0.3 is 0 Å². The molecule has 0 heterocycles. The topological polar surface area (TPSA) is 18.5 Å². The van der Waals surface area contributed by atoms with E-state index in [-0.39, 0.29) is 6.10 Å². The van der Waals surface area contributed by atoms with Gasteiger partial charge in [0.15, 0.2) is 0 Å². The van der Waals surface area contributed by atoms with Gasteiger partial charge in [0.1, 0.15) is 0 Å². The third-order valence-corrected chi connectivity index (χ3v) is 0.842. The Morgan fingerprint density at radius 1 is 1.33 bits per heavy atom. The van der Waals surface area contributed by atoms with E-state index in [1.54, 1.807) is 0 Å². The summed E-state index contributed by atoms with van der Waals surface area (Å²) in [4.78, 5) is 9.68. The fourth-order valence-electron chi connectivity index (χ4n) is 0.387. The lowest BCUT2D eigenvalue weighted by molar-refractivity contribution is -0.317. The van der Waals surface area contributed by atoms with Crippen LogP contribution in [0.3, 0.4) is 0 Å². The van der Waals surface area contributed by atoms with Gasteiger partial charge in [-0.05, 0) is 20.3 Å². The largest absolute Gasteiger partial charge is 0.236 e. The van der Waals surface area contributed by atoms with Crippen LogP contribution in [0.25, 0.3) is 0 Å². The number of unbranched alkanes of at least 4 members (excludes halogenated alkanes) is 1. The van der Waals surface area contributed by atoms with Gasteiger partial charge in [-0.3, -0.25) is 0 Å². The molecule has 0 spiro atoms. The maximum absolute atomic E-state index is 4.84. The van der Waals surface area contributed by atoms with Crippen molar-refractivity contribution in [2.24, 2.45) is 0 Å². The van der Waals surface area contributed by atoms with Crippen LogP contribution in [0, 0.1) is 0 Å². The normalized spacial score (nSPS) is 10.7. The van der Waals surface area contributed by atoms with Crippen LogP contribution in [-0.4, -0.2) is 12.7 Å². The molecule has 0 saturated carbocycles. The summed E-state index contributed by atoms with van der Waals surface area (Å²) in [5.74, 6) is 0. The van der Waals surface area contributed by atoms with E-state index in [0.717, 1.165) is 12.8 Å². The van der Waals surface area contributed by atoms with Crippen LogP contribution < -0.4 is 0 Å². The molecular weight excluding hydrogens is 116 g/mol. The second-order valence-electron chi connectivity index (χ2n) is 2.32. The highest BCUT2D eigenvalue weighted by atomic mass is 17.2. The minimum Gasteiger partial charge on any atom is -0.236 e. The van der Waals surface area contributed by atoms with E-state index in [4.69, 9.17) is 9.78 Å². The summed E-state index contributed by atoms with van der Waals surface area (Å²) in [5, 5.41) is 0. The van der Waals surface area contributed by atoms with Gasteiger partial charge in [-0.25, -0.2) is 9.78 Å². The molecule has 0 saturated heterocycles. The highest BCUT2D eigenvalue weighted by Gasteiger charge is 1.91. The van der Waals surface area contributed by atoms with Crippen molar-refractivity contribution < 1.29 is 9.78 Å². The Morgan fingerprint density at radius 3 is 2.44 bits per heavy atom. The van der Waals surface area contributed by atoms with Crippen LogP contribution in [0.2, 0.25) is 0 Å². The van der Waals surface area contributed by atoms with E-state index in [1.807, 2.05) is 13.8 Å². The summed E-state index contributed by atoms with van der Waals surface area (Å²) in [6.07, 6.45) is 2.41. The van der Waals surface area contributed by atoms with Gasteiger partial charge in [0, 0.05) is 0 Å². The molecule has 2 nitrogen and oxygen atoms in total. The molecule has 0 bridgehead atoms. The van der Waals surface area contributed by atoms with Gasteiger partial charge in [0.05, 0.1) is 12.7 Å². The van der Waals surface area contributed by atoms with Gasteiger partial charge >= 0.3 is 0 Å². The first-order chi connectivity index (χ1) is 4.27. The maximum atomic E-state index is 4.84. The quantitative estimate of drug-likeness (QED) is 0.324. The van der Waals surface area contributed by atoms with Crippen molar-refractivity contribution in [3.63, 3.8) is 0 Å². The van der Waals surface area contributed by atoms with Gasteiger partial charge in [0.25, 0.3) is 0 Å². The van der Waals surface area contributed by atoms with E-state index in [0.29, 0.717) is 6.61 Å². The first kappa shape index (κ1) is 8.92. The highest BCUT2D eigenvalue weighted by molar-refractivity contribution is 4.29. The molecule has 0 aromatic rings. The van der Waals surface area contributed by atoms with E-state index in [1.165, 1.54) is 0 Å². The van der Waals surface area contributed by atoms with Crippen molar-refractivity contribution in [3.8, 4) is 0 Å². The van der Waals surface area contributed by atoms with Crippen LogP contribution in [0.1, 0.15) is 33.6 Å². The summed E-state index contributed by atoms with van der Waals surface area (Å²) >= 11 is 0. The van der Waals surface area contributed by atoms with Crippen molar-refractivity contribution >= 4 is 0 Å². The molecule has 9 heavy (non-hydrogen) atoms. The Morgan fingerprint density at radius 2 is 2.00 bits per heavy atom. The first-order valence-electron chi connectivity index (χ1n) is 3.55. The minimum atomic E-state index is 0.182. The lowest BCUT2D eigenvalue weighted by atomic mass is 10.4. The zero-order valence-corrected chi connectivity index (χ0v) is 6.52. The second kappa shape index (κ2) is 6.05. The van der Waals surface area contributed by atoms with E-state index < -0.39 is 0 Å². The fourth-order valence-corrected chi connectivity index (χ4v) is 0.387. The molecule has 0 aliphatic rings. The molecule has 0 atom stereocenters. The van der Waals surface area contributed by atoms with Crippen molar-refractivity contribution in [1.29, 1.82) is 0 Å². The lowest BCUT2D eigenvalue weighted by Crippen LogP contribution is -2.04. The third kappa shape index (κ3) is 7.92. The summed E-state index contributed by atoms with van der Waals surface area (Å²) in [6, 6.07) is 0. The number of hydrogen-bond donors (Lipinski definition) is 0. The van der Waals surface area contributed by atoms with Gasteiger partial charge in [0.2, 0.25) is 0 Å². The molecule has 0 aromatic carbocycles. The Labute approximate surface area is 57.1 Å². The predicted molar refractivity (Wildman–Crippen MR) is 37.1 cm³/mol. The van der Waals surface area contributed by atoms with Crippen LogP contribution in [0.4, 0.5) is 0 Å². The van der Waals surface area contributed by atoms with E-state index >= 15 is 0 Å². The van der Waals surface area contributed by atoms with Crippen LogP contribution in [-0.2, 0) is 9.78 Å². The predicted octanol–water partition coefficient (Wildman–Crippen LogP) is 2.14. The van der Waals surface area contributed by atoms with Crippen molar-refractivity contribution in [2.45, 2.75) is 39.7 Å². The Bertz CT molecular complexity index is 52.9. The summed E-state index contributed by atoms with van der Waals surface area (Å²) in [5.41, 5.74) is 0. The monoisotopic (exact) mass is 132 g/mol. The Kier molecular flexibility index (Phi) is 5.99. The van der Waals surface area contributed by atoms with Crippen molar-refractivity contribution in [3.05, 3.63) is 0 Å². The Hall–Kier alpha value is -0.0800. The van der Waals surface area contributed by atoms with Crippen molar-refractivity contribution in [1.82, 2.24) is 0 Å². The average Bonchev–Trinajstić information content (AvgIpc) is 1.80. The molecule has 0 aliphatic carbocycles. The average molecular weight is 132 g/mol. The minimum absolute atomic E-state index is 0.182. The molecular formula is C7H16O2. The number of rotatable bonds is 5. The SMILES string of the molecule is CCCCOOC(C)C. The zero-order valence-electron chi connectivity index (χ0n) is 6.52. The molecule has 0 N–H and O–H groups in total. The van der Waals surface area contributed by atoms with Crippen LogP contribution in [0.15, 0.2) is 0 Å². The van der Waals surface area contributed by atoms with E-state index in [9.17, 15) is 0 Å². The summed E-state index contributed by atoms with van der Waals surface area (Å²) < 4.78 is 0. The van der Waals surface area contributed by atoms with Gasteiger partial charge in [-0.15, -0.1) is 0 Å². The third-order valence-electron chi connectivity index (χ3n) is 0.842. The highest BCUT2D eigenvalue weighted by Crippen LogP contribution is 1.92. The summed E-state index contributed by atoms with van der Waals surface area (Å²) in [6.45, 7) is 6.74.